The fourth-order valence-corrected chi connectivity index (χ4v) is 4.44. The average Bonchev–Trinajstić information content (AvgIpc) is 2.87. The number of amides is 1. The van der Waals surface area contributed by atoms with Gasteiger partial charge in [-0.25, -0.2) is 8.78 Å². The normalized spacial score (nSPS) is 30.0. The number of amidine groups is 1. The molecule has 0 bridgehead atoms. The molecule has 1 aliphatic carbocycles. The molecule has 1 saturated heterocycles. The number of hydrazine groups is 2. The van der Waals surface area contributed by atoms with E-state index in [0.717, 1.165) is 25.9 Å². The van der Waals surface area contributed by atoms with Crippen molar-refractivity contribution in [2.75, 3.05) is 26.4 Å². The van der Waals surface area contributed by atoms with E-state index < -0.39 is 5.92 Å². The maximum atomic E-state index is 13.6. The van der Waals surface area contributed by atoms with Crippen molar-refractivity contribution in [1.29, 1.82) is 0 Å². The van der Waals surface area contributed by atoms with E-state index in [2.05, 4.69) is 10.5 Å². The lowest BCUT2D eigenvalue weighted by Crippen LogP contribution is -2.54. The summed E-state index contributed by atoms with van der Waals surface area (Å²) in [5, 5.41) is 8.06. The van der Waals surface area contributed by atoms with Gasteiger partial charge in [-0.15, -0.1) is 5.12 Å². The lowest BCUT2D eigenvalue weighted by molar-refractivity contribution is -0.133. The number of carbonyl (C=O) groups is 1. The maximum absolute atomic E-state index is 13.6. The van der Waals surface area contributed by atoms with Gasteiger partial charge >= 0.3 is 6.02 Å². The van der Waals surface area contributed by atoms with Crippen LogP contribution in [-0.2, 0) is 14.3 Å². The van der Waals surface area contributed by atoms with E-state index in [-0.39, 0.29) is 43.3 Å². The van der Waals surface area contributed by atoms with Gasteiger partial charge in [-0.2, -0.15) is 5.12 Å². The SMILES string of the molecule is CCN1C(=O)C2=CNN(C3CCCOCC3)N2N=C1OCC1CCCC(F)(F)CC1. The number of carbonyl (C=O) groups excluding carboxylic acids is 1. The summed E-state index contributed by atoms with van der Waals surface area (Å²) in [6, 6.07) is 0.380. The van der Waals surface area contributed by atoms with E-state index in [9.17, 15) is 13.6 Å². The van der Waals surface area contributed by atoms with E-state index in [1.165, 1.54) is 4.90 Å². The Balaban J connectivity index is 1.46. The van der Waals surface area contributed by atoms with Crippen LogP contribution in [-0.4, -0.2) is 65.4 Å². The van der Waals surface area contributed by atoms with Crippen LogP contribution in [0, 0.1) is 5.92 Å². The van der Waals surface area contributed by atoms with Crippen LogP contribution < -0.4 is 5.43 Å². The molecular weight excluding hydrogens is 396 g/mol. The number of fused-ring (bicyclic) bond motifs is 1. The van der Waals surface area contributed by atoms with Gasteiger partial charge in [0.25, 0.3) is 5.91 Å². The van der Waals surface area contributed by atoms with Gasteiger partial charge in [-0.1, -0.05) is 5.10 Å². The molecule has 2 atom stereocenters. The number of halogens is 2. The quantitative estimate of drug-likeness (QED) is 0.696. The highest BCUT2D eigenvalue weighted by atomic mass is 19.3. The maximum Gasteiger partial charge on any atom is 0.318 e. The van der Waals surface area contributed by atoms with Crippen molar-refractivity contribution in [3.63, 3.8) is 0 Å². The lowest BCUT2D eigenvalue weighted by Gasteiger charge is -2.37. The van der Waals surface area contributed by atoms with Gasteiger partial charge in [0.15, 0.2) is 5.70 Å². The van der Waals surface area contributed by atoms with Crippen LogP contribution in [0.15, 0.2) is 17.0 Å². The first-order valence-corrected chi connectivity index (χ1v) is 11.0. The van der Waals surface area contributed by atoms with Gasteiger partial charge < -0.3 is 14.9 Å². The van der Waals surface area contributed by atoms with Crippen molar-refractivity contribution in [1.82, 2.24) is 20.6 Å². The second-order valence-electron chi connectivity index (χ2n) is 8.39. The molecule has 10 heteroatoms. The third kappa shape index (κ3) is 4.54. The molecule has 2 fully saturated rings. The Morgan fingerprint density at radius 2 is 2.10 bits per heavy atom. The molecule has 0 aromatic heterocycles. The molecule has 0 aromatic carbocycles. The number of hydrogen-bond donors (Lipinski definition) is 1. The molecule has 4 rings (SSSR count). The topological polar surface area (TPSA) is 69.6 Å². The second kappa shape index (κ2) is 9.05. The van der Waals surface area contributed by atoms with E-state index in [0.29, 0.717) is 38.1 Å². The highest BCUT2D eigenvalue weighted by Crippen LogP contribution is 2.35. The molecule has 0 spiro atoms. The number of hydrazone groups is 1. The molecule has 0 aromatic rings. The number of nitrogens with one attached hydrogen (secondary N) is 1. The summed E-state index contributed by atoms with van der Waals surface area (Å²) in [6.07, 6.45) is 5.83. The standard InChI is InChI=1S/C20H31F2N5O3/c1-2-25-18(28)17-13-23-26(16-6-4-11-29-12-8-16)27(17)24-19(25)30-14-15-5-3-9-20(21,22)10-7-15/h13,15-16,23H,2-12,14H2,1H3. The van der Waals surface area contributed by atoms with Gasteiger partial charge in [-0.3, -0.25) is 9.69 Å². The average molecular weight is 427 g/mol. The van der Waals surface area contributed by atoms with Crippen molar-refractivity contribution in [2.24, 2.45) is 11.0 Å². The van der Waals surface area contributed by atoms with Crippen LogP contribution in [0.5, 0.6) is 0 Å². The highest BCUT2D eigenvalue weighted by molar-refractivity contribution is 6.05. The van der Waals surface area contributed by atoms with Gasteiger partial charge in [-0.05, 0) is 51.4 Å². The fourth-order valence-electron chi connectivity index (χ4n) is 4.44. The molecule has 1 saturated carbocycles. The van der Waals surface area contributed by atoms with Crippen molar-refractivity contribution in [3.8, 4) is 0 Å². The third-order valence-electron chi connectivity index (χ3n) is 6.23. The zero-order chi connectivity index (χ0) is 21.1. The molecule has 0 radical (unpaired) electrons. The minimum atomic E-state index is -2.58. The van der Waals surface area contributed by atoms with Crippen LogP contribution in [0.3, 0.4) is 0 Å². The fraction of sp³-hybridized carbons (Fsp3) is 0.800. The molecule has 168 valence electrons. The smallest absolute Gasteiger partial charge is 0.318 e. The number of likely N-dealkylation sites (N-methyl/N-ethyl adjacent to an activating group) is 1. The summed E-state index contributed by atoms with van der Waals surface area (Å²) in [6.45, 7) is 3.98. The summed E-state index contributed by atoms with van der Waals surface area (Å²) < 4.78 is 38.8. The summed E-state index contributed by atoms with van der Waals surface area (Å²) in [4.78, 5) is 14.5. The summed E-state index contributed by atoms with van der Waals surface area (Å²) in [7, 11) is 0. The first-order valence-electron chi connectivity index (χ1n) is 11.0. The van der Waals surface area contributed by atoms with Crippen LogP contribution in [0.1, 0.15) is 58.3 Å². The summed E-state index contributed by atoms with van der Waals surface area (Å²) >= 11 is 0. The van der Waals surface area contributed by atoms with Gasteiger partial charge in [0.2, 0.25) is 5.92 Å². The predicted molar refractivity (Wildman–Crippen MR) is 106 cm³/mol. The van der Waals surface area contributed by atoms with Gasteiger partial charge in [0, 0.05) is 38.8 Å². The molecular formula is C20H31F2N5O3. The zero-order valence-electron chi connectivity index (χ0n) is 17.5. The lowest BCUT2D eigenvalue weighted by atomic mass is 10.0. The van der Waals surface area contributed by atoms with Crippen LogP contribution in [0.2, 0.25) is 0 Å². The molecule has 3 aliphatic heterocycles. The first-order chi connectivity index (χ1) is 14.5. The number of ether oxygens (including phenoxy) is 2. The van der Waals surface area contributed by atoms with Gasteiger partial charge in [0.05, 0.1) is 12.6 Å². The molecule has 1 amide bonds. The monoisotopic (exact) mass is 427 g/mol. The van der Waals surface area contributed by atoms with Gasteiger partial charge in [0.1, 0.15) is 0 Å². The van der Waals surface area contributed by atoms with E-state index in [1.54, 1.807) is 11.3 Å². The molecule has 2 unspecified atom stereocenters. The van der Waals surface area contributed by atoms with Crippen LogP contribution >= 0.6 is 0 Å². The Morgan fingerprint density at radius 1 is 1.23 bits per heavy atom. The highest BCUT2D eigenvalue weighted by Gasteiger charge is 2.41. The van der Waals surface area contributed by atoms with E-state index in [4.69, 9.17) is 9.47 Å². The summed E-state index contributed by atoms with van der Waals surface area (Å²) in [5.41, 5.74) is 3.61. The Hall–Kier alpha value is -1.94. The minimum Gasteiger partial charge on any atom is -0.463 e. The molecule has 3 heterocycles. The number of hydrogen-bond acceptors (Lipinski definition) is 7. The van der Waals surface area contributed by atoms with Crippen molar-refractivity contribution in [2.45, 2.75) is 70.3 Å². The van der Waals surface area contributed by atoms with Crippen molar-refractivity contribution >= 4 is 11.9 Å². The Morgan fingerprint density at radius 3 is 2.93 bits per heavy atom. The minimum absolute atomic E-state index is 0.0404. The van der Waals surface area contributed by atoms with Crippen molar-refractivity contribution < 1.29 is 23.0 Å². The third-order valence-corrected chi connectivity index (χ3v) is 6.23. The van der Waals surface area contributed by atoms with Crippen LogP contribution in [0.25, 0.3) is 0 Å². The number of alkyl halides is 2. The second-order valence-corrected chi connectivity index (χ2v) is 8.39. The van der Waals surface area contributed by atoms with E-state index >= 15 is 0 Å². The largest absolute Gasteiger partial charge is 0.463 e. The van der Waals surface area contributed by atoms with E-state index in [1.807, 2.05) is 12.0 Å². The molecule has 1 N–H and O–H groups in total. The molecule has 30 heavy (non-hydrogen) atoms. The zero-order valence-corrected chi connectivity index (χ0v) is 17.5. The number of nitrogens with zero attached hydrogens (tertiary/aromatic N) is 4. The Labute approximate surface area is 175 Å². The predicted octanol–water partition coefficient (Wildman–Crippen LogP) is 2.80. The molecule has 4 aliphatic rings. The summed E-state index contributed by atoms with van der Waals surface area (Å²) in [5.74, 6) is -2.72. The molecule has 8 nitrogen and oxygen atoms in total. The first kappa shape index (κ1) is 21.3. The number of rotatable bonds is 4. The van der Waals surface area contributed by atoms with Crippen LogP contribution in [0.4, 0.5) is 8.78 Å². The van der Waals surface area contributed by atoms with Crippen molar-refractivity contribution in [3.05, 3.63) is 11.9 Å². The Kier molecular flexibility index (Phi) is 6.43. The Bertz CT molecular complexity index is 694.